The number of nitrogens with zero attached hydrogens (tertiary/aromatic N) is 7. The molecule has 0 fully saturated rings. The number of hydrogen-bond acceptors (Lipinski definition) is 7. The molecule has 3 aromatic rings. The lowest BCUT2D eigenvalue weighted by Crippen LogP contribution is -2.21. The quantitative estimate of drug-likeness (QED) is 0.615. The highest BCUT2D eigenvalue weighted by atomic mass is 15.1. The molecule has 0 N–H and O–H groups in total. The van der Waals surface area contributed by atoms with Crippen LogP contribution in [0, 0.1) is 0 Å². The van der Waals surface area contributed by atoms with Crippen molar-refractivity contribution in [2.75, 3.05) is 14.1 Å². The van der Waals surface area contributed by atoms with E-state index in [1.165, 1.54) is 0 Å². The first-order chi connectivity index (χ1) is 12.7. The van der Waals surface area contributed by atoms with Crippen molar-refractivity contribution in [3.8, 4) is 0 Å². The van der Waals surface area contributed by atoms with Crippen LogP contribution in [0.1, 0.15) is 23.0 Å². The molecule has 0 aliphatic heterocycles. The summed E-state index contributed by atoms with van der Waals surface area (Å²) in [6.45, 7) is 2.88. The molecule has 3 rings (SSSR count). The Kier molecular flexibility index (Phi) is 6.29. The third kappa shape index (κ3) is 5.65. The minimum Gasteiger partial charge on any atom is -0.293 e. The van der Waals surface area contributed by atoms with E-state index < -0.39 is 0 Å². The van der Waals surface area contributed by atoms with Crippen molar-refractivity contribution in [2.45, 2.75) is 26.2 Å². The molecule has 7 nitrogen and oxygen atoms in total. The second-order valence-corrected chi connectivity index (χ2v) is 6.29. The van der Waals surface area contributed by atoms with Gasteiger partial charge in [0.15, 0.2) is 0 Å². The normalized spacial score (nSPS) is 11.2. The smallest absolute Gasteiger partial charge is 0.142 e. The Balaban J connectivity index is 1.55. The number of hydrogen-bond donors (Lipinski definition) is 0. The fourth-order valence-electron chi connectivity index (χ4n) is 2.68. The van der Waals surface area contributed by atoms with E-state index in [4.69, 9.17) is 4.98 Å². The molecule has 134 valence electrons. The van der Waals surface area contributed by atoms with Gasteiger partial charge in [-0.15, -0.1) is 0 Å². The van der Waals surface area contributed by atoms with Crippen LogP contribution in [0.4, 0.5) is 0 Å². The molecule has 0 aromatic carbocycles. The minimum atomic E-state index is 0.692. The van der Waals surface area contributed by atoms with Crippen LogP contribution in [0.5, 0.6) is 0 Å². The van der Waals surface area contributed by atoms with Gasteiger partial charge in [0.25, 0.3) is 0 Å². The molecule has 26 heavy (non-hydrogen) atoms. The fraction of sp³-hybridized carbons (Fsp3) is 0.316. The van der Waals surface area contributed by atoms with Crippen LogP contribution >= 0.6 is 0 Å². The highest BCUT2D eigenvalue weighted by Gasteiger charge is 2.08. The van der Waals surface area contributed by atoms with Crippen LogP contribution < -0.4 is 0 Å². The Bertz CT molecular complexity index is 731. The van der Waals surface area contributed by atoms with Gasteiger partial charge in [0.2, 0.25) is 0 Å². The maximum atomic E-state index is 4.77. The summed E-state index contributed by atoms with van der Waals surface area (Å²) in [5.41, 5.74) is 2.07. The van der Waals surface area contributed by atoms with E-state index in [0.29, 0.717) is 13.1 Å². The van der Waals surface area contributed by atoms with Gasteiger partial charge in [-0.05, 0) is 38.4 Å². The molecule has 3 heterocycles. The maximum Gasteiger partial charge on any atom is 0.142 e. The first kappa shape index (κ1) is 18.0. The van der Waals surface area contributed by atoms with E-state index in [9.17, 15) is 0 Å². The van der Waals surface area contributed by atoms with E-state index in [1.54, 1.807) is 24.8 Å². The van der Waals surface area contributed by atoms with E-state index in [1.807, 2.05) is 38.4 Å². The highest BCUT2D eigenvalue weighted by molar-refractivity contribution is 5.11. The molecule has 0 spiro atoms. The van der Waals surface area contributed by atoms with E-state index in [0.717, 1.165) is 36.1 Å². The lowest BCUT2D eigenvalue weighted by molar-refractivity contribution is 0.298. The Labute approximate surface area is 153 Å². The summed E-state index contributed by atoms with van der Waals surface area (Å²) in [5, 5.41) is 0. The van der Waals surface area contributed by atoms with Crippen molar-refractivity contribution in [3.05, 3.63) is 78.2 Å². The summed E-state index contributed by atoms with van der Waals surface area (Å²) in [6.07, 6.45) is 7.06. The molecule has 0 saturated carbocycles. The summed E-state index contributed by atoms with van der Waals surface area (Å²) in [4.78, 5) is 26.1. The molecule has 0 aliphatic carbocycles. The molecule has 0 atom stereocenters. The van der Waals surface area contributed by atoms with E-state index in [-0.39, 0.29) is 0 Å². The monoisotopic (exact) mass is 349 g/mol. The van der Waals surface area contributed by atoms with Crippen LogP contribution in [-0.4, -0.2) is 48.8 Å². The molecule has 0 unspecified atom stereocenters. The lowest BCUT2D eigenvalue weighted by Gasteiger charge is -2.17. The maximum absolute atomic E-state index is 4.77. The molecule has 0 radical (unpaired) electrons. The summed E-state index contributed by atoms with van der Waals surface area (Å²) < 4.78 is 0. The van der Waals surface area contributed by atoms with Gasteiger partial charge in [0.05, 0.1) is 24.5 Å². The molecular formula is C19H23N7. The van der Waals surface area contributed by atoms with Crippen molar-refractivity contribution in [3.63, 3.8) is 0 Å². The summed E-state index contributed by atoms with van der Waals surface area (Å²) in [6, 6.07) is 9.80. The zero-order chi connectivity index (χ0) is 18.2. The molecule has 0 amide bonds. The topological polar surface area (TPSA) is 70.9 Å². The lowest BCUT2D eigenvalue weighted by atomic mass is 10.2. The highest BCUT2D eigenvalue weighted by Crippen LogP contribution is 2.07. The Morgan fingerprint density at radius 2 is 1.04 bits per heavy atom. The minimum absolute atomic E-state index is 0.692. The van der Waals surface area contributed by atoms with Crippen LogP contribution in [0.3, 0.4) is 0 Å². The van der Waals surface area contributed by atoms with Gasteiger partial charge in [-0.25, -0.2) is 19.9 Å². The average molecular weight is 349 g/mol. The Hall–Kier alpha value is -2.77. The number of rotatable bonds is 8. The van der Waals surface area contributed by atoms with Crippen molar-refractivity contribution < 1.29 is 0 Å². The van der Waals surface area contributed by atoms with Crippen LogP contribution in [0.25, 0.3) is 0 Å². The SMILES string of the molecule is CN(Cc1cccc(CN(C)Cc2ncccn2)n1)Cc1ncccn1. The molecule has 0 bridgehead atoms. The first-order valence-electron chi connectivity index (χ1n) is 8.53. The summed E-state index contributed by atoms with van der Waals surface area (Å²) in [5.74, 6) is 1.63. The first-order valence-corrected chi connectivity index (χ1v) is 8.53. The Morgan fingerprint density at radius 3 is 1.46 bits per heavy atom. The van der Waals surface area contributed by atoms with Crippen molar-refractivity contribution in [1.82, 2.24) is 34.7 Å². The van der Waals surface area contributed by atoms with Gasteiger partial charge < -0.3 is 0 Å². The standard InChI is InChI=1S/C19H23N7/c1-25(14-18-20-8-4-9-21-18)12-16-6-3-7-17(24-16)13-26(2)15-19-22-10-5-11-23-19/h3-11H,12-15H2,1-2H3. The van der Waals surface area contributed by atoms with Gasteiger partial charge >= 0.3 is 0 Å². The molecular weight excluding hydrogens is 326 g/mol. The number of aromatic nitrogens is 5. The van der Waals surface area contributed by atoms with Crippen molar-refractivity contribution >= 4 is 0 Å². The van der Waals surface area contributed by atoms with Crippen LogP contribution in [0.2, 0.25) is 0 Å². The molecule has 3 aromatic heterocycles. The van der Waals surface area contributed by atoms with Gasteiger partial charge in [-0.2, -0.15) is 0 Å². The zero-order valence-corrected chi connectivity index (χ0v) is 15.2. The summed E-state index contributed by atoms with van der Waals surface area (Å²) >= 11 is 0. The second-order valence-electron chi connectivity index (χ2n) is 6.29. The predicted molar refractivity (Wildman–Crippen MR) is 98.6 cm³/mol. The van der Waals surface area contributed by atoms with Gasteiger partial charge in [-0.3, -0.25) is 14.8 Å². The number of pyridine rings is 1. The van der Waals surface area contributed by atoms with E-state index in [2.05, 4.69) is 35.8 Å². The van der Waals surface area contributed by atoms with Crippen molar-refractivity contribution in [1.29, 1.82) is 0 Å². The molecule has 0 saturated heterocycles. The van der Waals surface area contributed by atoms with Gasteiger partial charge in [0, 0.05) is 37.9 Å². The molecule has 0 aliphatic rings. The van der Waals surface area contributed by atoms with E-state index >= 15 is 0 Å². The third-order valence-corrected chi connectivity index (χ3v) is 3.79. The predicted octanol–water partition coefficient (Wildman–Crippen LogP) is 1.93. The zero-order valence-electron chi connectivity index (χ0n) is 15.2. The van der Waals surface area contributed by atoms with Gasteiger partial charge in [-0.1, -0.05) is 6.07 Å². The molecule has 7 heteroatoms. The van der Waals surface area contributed by atoms with Crippen LogP contribution in [-0.2, 0) is 26.2 Å². The third-order valence-electron chi connectivity index (χ3n) is 3.79. The van der Waals surface area contributed by atoms with Crippen molar-refractivity contribution in [2.24, 2.45) is 0 Å². The average Bonchev–Trinajstić information content (AvgIpc) is 2.63. The van der Waals surface area contributed by atoms with Crippen LogP contribution in [0.15, 0.2) is 55.1 Å². The second kappa shape index (κ2) is 9.07. The fourth-order valence-corrected chi connectivity index (χ4v) is 2.68. The Morgan fingerprint density at radius 1 is 0.615 bits per heavy atom. The largest absolute Gasteiger partial charge is 0.293 e. The van der Waals surface area contributed by atoms with Gasteiger partial charge in [0.1, 0.15) is 11.6 Å². The summed E-state index contributed by atoms with van der Waals surface area (Å²) in [7, 11) is 4.09.